The molecule has 0 bridgehead atoms. The molecule has 0 atom stereocenters. The molecule has 0 saturated carbocycles. The molecule has 1 saturated heterocycles. The molecular formula is C18H21N3O2. The van der Waals surface area contributed by atoms with Crippen LogP contribution in [0.3, 0.4) is 0 Å². The van der Waals surface area contributed by atoms with Crippen LogP contribution in [0.4, 0.5) is 11.4 Å². The lowest BCUT2D eigenvalue weighted by atomic mass is 10.1. The van der Waals surface area contributed by atoms with Gasteiger partial charge in [-0.15, -0.1) is 0 Å². The molecule has 2 heterocycles. The maximum absolute atomic E-state index is 12.5. The lowest BCUT2D eigenvalue weighted by Gasteiger charge is -2.26. The van der Waals surface area contributed by atoms with E-state index >= 15 is 0 Å². The maximum Gasteiger partial charge on any atom is 0.272 e. The molecule has 3 rings (SSSR count). The summed E-state index contributed by atoms with van der Waals surface area (Å²) in [7, 11) is 0. The van der Waals surface area contributed by atoms with Gasteiger partial charge in [0.05, 0.1) is 13.2 Å². The van der Waals surface area contributed by atoms with Gasteiger partial charge in [-0.05, 0) is 43.2 Å². The van der Waals surface area contributed by atoms with Gasteiger partial charge in [0.1, 0.15) is 5.69 Å². The summed E-state index contributed by atoms with van der Waals surface area (Å²) < 4.78 is 5.29. The van der Waals surface area contributed by atoms with Gasteiger partial charge in [0.2, 0.25) is 0 Å². The van der Waals surface area contributed by atoms with Crippen molar-refractivity contribution in [2.45, 2.75) is 13.8 Å². The van der Waals surface area contributed by atoms with Gasteiger partial charge < -0.3 is 15.0 Å². The smallest absolute Gasteiger partial charge is 0.272 e. The minimum Gasteiger partial charge on any atom is -0.378 e. The summed E-state index contributed by atoms with van der Waals surface area (Å²) in [5.41, 5.74) is 4.80. The molecule has 0 radical (unpaired) electrons. The number of hydrogen-bond acceptors (Lipinski definition) is 4. The van der Waals surface area contributed by atoms with Crippen LogP contribution in [0.5, 0.6) is 0 Å². The van der Waals surface area contributed by atoms with Crippen molar-refractivity contribution in [3.05, 3.63) is 53.3 Å². The Morgan fingerprint density at radius 1 is 1.22 bits per heavy atom. The highest BCUT2D eigenvalue weighted by molar-refractivity contribution is 5.93. The first kappa shape index (κ1) is 15.5. The molecule has 0 spiro atoms. The van der Waals surface area contributed by atoms with Crippen molar-refractivity contribution >= 4 is 17.3 Å². The number of morpholine rings is 1. The number of rotatable bonds is 3. The molecule has 1 fully saturated rings. The minimum atomic E-state index is -0.0436. The van der Waals surface area contributed by atoms with Gasteiger partial charge in [-0.25, -0.2) is 0 Å². The number of benzene rings is 1. The van der Waals surface area contributed by atoms with Crippen LogP contribution in [-0.2, 0) is 4.74 Å². The Labute approximate surface area is 136 Å². The molecule has 1 amide bonds. The number of nitrogens with one attached hydrogen (secondary N) is 1. The first-order valence-electron chi connectivity index (χ1n) is 7.81. The predicted molar refractivity (Wildman–Crippen MR) is 90.2 cm³/mol. The highest BCUT2D eigenvalue weighted by atomic mass is 16.5. The number of nitrogens with zero attached hydrogens (tertiary/aromatic N) is 2. The van der Waals surface area contributed by atoms with E-state index in [1.165, 1.54) is 11.1 Å². The summed E-state index contributed by atoms with van der Waals surface area (Å²) >= 11 is 0. The summed E-state index contributed by atoms with van der Waals surface area (Å²) in [5, 5.41) is 3.38. The summed E-state index contributed by atoms with van der Waals surface area (Å²) in [6.45, 7) is 6.59. The quantitative estimate of drug-likeness (QED) is 0.947. The van der Waals surface area contributed by atoms with Crippen molar-refractivity contribution < 1.29 is 9.53 Å². The van der Waals surface area contributed by atoms with Gasteiger partial charge >= 0.3 is 0 Å². The first-order chi connectivity index (χ1) is 11.1. The Balaban J connectivity index is 1.79. The molecule has 1 aromatic carbocycles. The van der Waals surface area contributed by atoms with Crippen LogP contribution in [0.15, 0.2) is 36.5 Å². The van der Waals surface area contributed by atoms with Gasteiger partial charge in [0, 0.05) is 30.7 Å². The second-order valence-electron chi connectivity index (χ2n) is 5.71. The van der Waals surface area contributed by atoms with Crippen LogP contribution in [0.2, 0.25) is 0 Å². The van der Waals surface area contributed by atoms with E-state index in [0.717, 1.165) is 11.4 Å². The number of hydrogen-bond donors (Lipinski definition) is 1. The van der Waals surface area contributed by atoms with Crippen molar-refractivity contribution in [2.24, 2.45) is 0 Å². The zero-order chi connectivity index (χ0) is 16.2. The lowest BCUT2D eigenvalue weighted by Crippen LogP contribution is -2.41. The van der Waals surface area contributed by atoms with Crippen LogP contribution in [0.1, 0.15) is 21.6 Å². The molecule has 1 aliphatic heterocycles. The second-order valence-corrected chi connectivity index (χ2v) is 5.71. The van der Waals surface area contributed by atoms with Crippen LogP contribution < -0.4 is 5.32 Å². The number of anilines is 2. The number of carbonyl (C=O) groups excluding carboxylic acids is 1. The average molecular weight is 311 g/mol. The van der Waals surface area contributed by atoms with Gasteiger partial charge in [-0.2, -0.15) is 0 Å². The monoisotopic (exact) mass is 311 g/mol. The van der Waals surface area contributed by atoms with Crippen LogP contribution in [-0.4, -0.2) is 42.1 Å². The third-order valence-corrected chi connectivity index (χ3v) is 4.16. The summed E-state index contributed by atoms with van der Waals surface area (Å²) in [6.07, 6.45) is 1.67. The molecule has 0 aliphatic carbocycles. The Hall–Kier alpha value is -2.40. The van der Waals surface area contributed by atoms with Crippen LogP contribution in [0.25, 0.3) is 0 Å². The number of amides is 1. The third-order valence-electron chi connectivity index (χ3n) is 4.16. The Kier molecular flexibility index (Phi) is 4.57. The van der Waals surface area contributed by atoms with Crippen LogP contribution >= 0.6 is 0 Å². The summed E-state index contributed by atoms with van der Waals surface area (Å²) in [5.74, 6) is -0.0436. The van der Waals surface area contributed by atoms with Gasteiger partial charge in [-0.3, -0.25) is 9.78 Å². The maximum atomic E-state index is 12.5. The van der Waals surface area contributed by atoms with Crippen molar-refractivity contribution in [1.29, 1.82) is 0 Å². The largest absolute Gasteiger partial charge is 0.378 e. The zero-order valence-electron chi connectivity index (χ0n) is 13.5. The minimum absolute atomic E-state index is 0.0436. The van der Waals surface area contributed by atoms with E-state index in [4.69, 9.17) is 4.74 Å². The molecule has 1 aliphatic rings. The standard InChI is InChI=1S/C18H21N3O2/c1-13-4-3-5-16(14(13)2)20-15-6-7-19-17(12-15)18(22)21-8-10-23-11-9-21/h3-7,12H,8-11H2,1-2H3,(H,19,20). The fourth-order valence-corrected chi connectivity index (χ4v) is 2.60. The normalized spacial score (nSPS) is 14.6. The zero-order valence-corrected chi connectivity index (χ0v) is 13.5. The fraction of sp³-hybridized carbons (Fsp3) is 0.333. The molecule has 5 nitrogen and oxygen atoms in total. The van der Waals surface area contributed by atoms with Crippen molar-refractivity contribution in [3.8, 4) is 0 Å². The van der Waals surface area contributed by atoms with E-state index in [1.807, 2.05) is 18.2 Å². The molecule has 2 aromatic rings. The molecule has 120 valence electrons. The Morgan fingerprint density at radius 2 is 2.00 bits per heavy atom. The highest BCUT2D eigenvalue weighted by Crippen LogP contribution is 2.23. The molecule has 1 aromatic heterocycles. The van der Waals surface area contributed by atoms with Crippen LogP contribution in [0, 0.1) is 13.8 Å². The van der Waals surface area contributed by atoms with Crippen molar-refractivity contribution in [2.75, 3.05) is 31.6 Å². The Morgan fingerprint density at radius 3 is 2.78 bits per heavy atom. The number of aryl methyl sites for hydroxylation is 1. The molecule has 1 N–H and O–H groups in total. The SMILES string of the molecule is Cc1cccc(Nc2ccnc(C(=O)N3CCOCC3)c2)c1C. The summed E-state index contributed by atoms with van der Waals surface area (Å²) in [4.78, 5) is 18.5. The van der Waals surface area contributed by atoms with E-state index in [9.17, 15) is 4.79 Å². The fourth-order valence-electron chi connectivity index (χ4n) is 2.60. The first-order valence-corrected chi connectivity index (χ1v) is 7.81. The Bertz CT molecular complexity index is 709. The van der Waals surface area contributed by atoms with E-state index in [-0.39, 0.29) is 5.91 Å². The summed E-state index contributed by atoms with van der Waals surface area (Å²) in [6, 6.07) is 9.82. The predicted octanol–water partition coefficient (Wildman–Crippen LogP) is 2.91. The highest BCUT2D eigenvalue weighted by Gasteiger charge is 2.19. The second kappa shape index (κ2) is 6.79. The van der Waals surface area contributed by atoms with E-state index < -0.39 is 0 Å². The van der Waals surface area contributed by atoms with E-state index in [0.29, 0.717) is 32.0 Å². The lowest BCUT2D eigenvalue weighted by molar-refractivity contribution is 0.0299. The molecular weight excluding hydrogens is 290 g/mol. The van der Waals surface area contributed by atoms with E-state index in [1.54, 1.807) is 17.2 Å². The topological polar surface area (TPSA) is 54.5 Å². The average Bonchev–Trinajstić information content (AvgIpc) is 2.59. The molecule has 0 unspecified atom stereocenters. The van der Waals surface area contributed by atoms with Gasteiger partial charge in [0.25, 0.3) is 5.91 Å². The van der Waals surface area contributed by atoms with Gasteiger partial charge in [0.15, 0.2) is 0 Å². The number of ether oxygens (including phenoxy) is 1. The van der Waals surface area contributed by atoms with E-state index in [2.05, 4.69) is 30.2 Å². The molecule has 23 heavy (non-hydrogen) atoms. The number of aromatic nitrogens is 1. The third kappa shape index (κ3) is 3.51. The van der Waals surface area contributed by atoms with Crippen molar-refractivity contribution in [3.63, 3.8) is 0 Å². The number of carbonyl (C=O) groups is 1. The van der Waals surface area contributed by atoms with Gasteiger partial charge in [-0.1, -0.05) is 12.1 Å². The number of pyridine rings is 1. The van der Waals surface area contributed by atoms with Crippen molar-refractivity contribution in [1.82, 2.24) is 9.88 Å². The molecule has 5 heteroatoms.